The van der Waals surface area contributed by atoms with Crippen LogP contribution in [0.15, 0.2) is 23.1 Å². The van der Waals surface area contributed by atoms with Gasteiger partial charge in [-0.25, -0.2) is 13.1 Å². The van der Waals surface area contributed by atoms with E-state index in [-0.39, 0.29) is 10.8 Å². The van der Waals surface area contributed by atoms with Crippen LogP contribution in [0.2, 0.25) is 0 Å². The van der Waals surface area contributed by atoms with Gasteiger partial charge in [0.1, 0.15) is 5.75 Å². The van der Waals surface area contributed by atoms with Crippen LogP contribution in [0.25, 0.3) is 0 Å². The number of hydrogen-bond acceptors (Lipinski definition) is 5. The van der Waals surface area contributed by atoms with Crippen LogP contribution < -0.4 is 15.2 Å². The topological polar surface area (TPSA) is 81.4 Å². The fourth-order valence-electron chi connectivity index (χ4n) is 1.54. The third kappa shape index (κ3) is 4.59. The number of nitrogens with two attached hydrogens (primary N) is 1. The van der Waals surface area contributed by atoms with E-state index in [9.17, 15) is 8.42 Å². The molecule has 1 unspecified atom stereocenters. The monoisotopic (exact) mass is 304 g/mol. The molecule has 0 saturated carbocycles. The lowest BCUT2D eigenvalue weighted by atomic mass is 10.2. The van der Waals surface area contributed by atoms with Gasteiger partial charge in [-0.3, -0.25) is 0 Å². The molecule has 3 N–H and O–H groups in total. The third-order valence-electron chi connectivity index (χ3n) is 2.59. The van der Waals surface area contributed by atoms with Gasteiger partial charge in [-0.1, -0.05) is 6.92 Å². The van der Waals surface area contributed by atoms with E-state index in [1.54, 1.807) is 11.8 Å². The first-order valence-electron chi connectivity index (χ1n) is 5.82. The highest BCUT2D eigenvalue weighted by molar-refractivity contribution is 7.98. The summed E-state index contributed by atoms with van der Waals surface area (Å²) in [5.41, 5.74) is 6.08. The lowest BCUT2D eigenvalue weighted by Gasteiger charge is -2.13. The zero-order chi connectivity index (χ0) is 14.5. The second-order valence-corrected chi connectivity index (χ2v) is 6.99. The zero-order valence-electron chi connectivity index (χ0n) is 11.3. The Morgan fingerprint density at radius 3 is 2.74 bits per heavy atom. The number of anilines is 1. The van der Waals surface area contributed by atoms with E-state index >= 15 is 0 Å². The van der Waals surface area contributed by atoms with E-state index < -0.39 is 10.0 Å². The van der Waals surface area contributed by atoms with Crippen molar-refractivity contribution in [2.24, 2.45) is 5.92 Å². The Bertz CT molecular complexity index is 518. The molecule has 0 bridgehead atoms. The number of nitrogen functional groups attached to an aromatic ring is 1. The molecule has 1 aromatic carbocycles. The molecule has 0 spiro atoms. The fraction of sp³-hybridized carbons (Fsp3) is 0.500. The number of nitrogens with one attached hydrogen (secondary N) is 1. The molecular weight excluding hydrogens is 284 g/mol. The highest BCUT2D eigenvalue weighted by Gasteiger charge is 2.16. The van der Waals surface area contributed by atoms with Crippen LogP contribution in [0.4, 0.5) is 5.69 Å². The van der Waals surface area contributed by atoms with Crippen molar-refractivity contribution in [2.45, 2.75) is 11.8 Å². The smallest absolute Gasteiger partial charge is 0.240 e. The predicted octanol–water partition coefficient (Wildman–Crippen LogP) is 1.55. The molecule has 0 radical (unpaired) electrons. The van der Waals surface area contributed by atoms with Crippen LogP contribution in [0, 0.1) is 5.92 Å². The third-order valence-corrected chi connectivity index (χ3v) is 4.91. The summed E-state index contributed by atoms with van der Waals surface area (Å²) < 4.78 is 31.8. The van der Waals surface area contributed by atoms with Crippen molar-refractivity contribution >= 4 is 27.5 Å². The molecule has 1 rings (SSSR count). The van der Waals surface area contributed by atoms with Crippen LogP contribution in [0.3, 0.4) is 0 Å². The van der Waals surface area contributed by atoms with Crippen molar-refractivity contribution in [1.29, 1.82) is 0 Å². The van der Waals surface area contributed by atoms with Gasteiger partial charge in [-0.2, -0.15) is 11.8 Å². The summed E-state index contributed by atoms with van der Waals surface area (Å²) in [7, 11) is -2.06. The molecule has 1 aromatic rings. The summed E-state index contributed by atoms with van der Waals surface area (Å²) in [5, 5.41) is 0. The highest BCUT2D eigenvalue weighted by atomic mass is 32.2. The van der Waals surface area contributed by atoms with Gasteiger partial charge in [-0.05, 0) is 30.1 Å². The zero-order valence-corrected chi connectivity index (χ0v) is 13.0. The Morgan fingerprint density at radius 1 is 1.47 bits per heavy atom. The van der Waals surface area contributed by atoms with Crippen molar-refractivity contribution in [3.63, 3.8) is 0 Å². The number of hydrogen-bond donors (Lipinski definition) is 2. The number of ether oxygens (including phenoxy) is 1. The minimum Gasteiger partial charge on any atom is -0.495 e. The second-order valence-electron chi connectivity index (χ2n) is 4.32. The second kappa shape index (κ2) is 7.02. The molecule has 0 heterocycles. The van der Waals surface area contributed by atoms with Crippen molar-refractivity contribution in [1.82, 2.24) is 4.72 Å². The average molecular weight is 304 g/mol. The van der Waals surface area contributed by atoms with E-state index in [1.807, 2.05) is 13.2 Å². The van der Waals surface area contributed by atoms with E-state index in [4.69, 9.17) is 10.5 Å². The van der Waals surface area contributed by atoms with Gasteiger partial charge < -0.3 is 10.5 Å². The molecule has 0 aliphatic rings. The maximum Gasteiger partial charge on any atom is 0.240 e. The SMILES string of the molecule is COc1cc(S(=O)(=O)NCC(C)CSC)ccc1N. The van der Waals surface area contributed by atoms with Crippen LogP contribution in [0.1, 0.15) is 6.92 Å². The maximum absolute atomic E-state index is 12.1. The number of thioether (sulfide) groups is 1. The van der Waals surface area contributed by atoms with Crippen molar-refractivity contribution in [3.8, 4) is 5.75 Å². The van der Waals surface area contributed by atoms with Gasteiger partial charge in [0.15, 0.2) is 0 Å². The summed E-state index contributed by atoms with van der Waals surface area (Å²) in [6.45, 7) is 2.42. The summed E-state index contributed by atoms with van der Waals surface area (Å²) in [4.78, 5) is 0.162. The number of methoxy groups -OCH3 is 1. The van der Waals surface area contributed by atoms with E-state index in [2.05, 4.69) is 4.72 Å². The summed E-state index contributed by atoms with van der Waals surface area (Å²) in [6, 6.07) is 4.43. The molecule has 0 saturated heterocycles. The van der Waals surface area contributed by atoms with E-state index in [0.717, 1.165) is 5.75 Å². The molecule has 108 valence electrons. The molecule has 0 fully saturated rings. The quantitative estimate of drug-likeness (QED) is 0.747. The van der Waals surface area contributed by atoms with Crippen LogP contribution in [-0.2, 0) is 10.0 Å². The Morgan fingerprint density at radius 2 is 2.16 bits per heavy atom. The number of rotatable bonds is 7. The fourth-order valence-corrected chi connectivity index (χ4v) is 3.40. The Labute approximate surface area is 119 Å². The highest BCUT2D eigenvalue weighted by Crippen LogP contribution is 2.24. The molecule has 7 heteroatoms. The molecule has 1 atom stereocenters. The van der Waals surface area contributed by atoms with Crippen molar-refractivity contribution in [3.05, 3.63) is 18.2 Å². The first kappa shape index (κ1) is 16.1. The molecule has 0 aliphatic heterocycles. The lowest BCUT2D eigenvalue weighted by molar-refractivity contribution is 0.415. The lowest BCUT2D eigenvalue weighted by Crippen LogP contribution is -2.29. The van der Waals surface area contributed by atoms with Gasteiger partial charge in [-0.15, -0.1) is 0 Å². The van der Waals surface area contributed by atoms with Crippen LogP contribution >= 0.6 is 11.8 Å². The maximum atomic E-state index is 12.1. The molecule has 19 heavy (non-hydrogen) atoms. The first-order valence-corrected chi connectivity index (χ1v) is 8.70. The van der Waals surface area contributed by atoms with Gasteiger partial charge >= 0.3 is 0 Å². The molecule has 0 aromatic heterocycles. The normalized spacial score (nSPS) is 13.2. The number of benzene rings is 1. The van der Waals surface area contributed by atoms with E-state index in [0.29, 0.717) is 18.0 Å². The van der Waals surface area contributed by atoms with Gasteiger partial charge in [0.2, 0.25) is 10.0 Å². The van der Waals surface area contributed by atoms with Crippen molar-refractivity contribution < 1.29 is 13.2 Å². The molecule has 5 nitrogen and oxygen atoms in total. The summed E-state index contributed by atoms with van der Waals surface area (Å²) >= 11 is 1.69. The minimum atomic E-state index is -3.52. The Kier molecular flexibility index (Phi) is 5.96. The van der Waals surface area contributed by atoms with E-state index in [1.165, 1.54) is 25.3 Å². The predicted molar refractivity (Wildman–Crippen MR) is 80.1 cm³/mol. The average Bonchev–Trinajstić information content (AvgIpc) is 2.37. The first-order chi connectivity index (χ1) is 8.90. The Balaban J connectivity index is 2.83. The summed E-state index contributed by atoms with van der Waals surface area (Å²) in [6.07, 6.45) is 2.00. The Hall–Kier alpha value is -0.920. The van der Waals surface area contributed by atoms with Crippen LogP contribution in [0.5, 0.6) is 5.75 Å². The summed E-state index contributed by atoms with van der Waals surface area (Å²) in [5.74, 6) is 1.55. The van der Waals surface area contributed by atoms with Crippen LogP contribution in [-0.4, -0.2) is 34.1 Å². The number of sulfonamides is 1. The molecule has 0 amide bonds. The molecular formula is C12H20N2O3S2. The van der Waals surface area contributed by atoms with Gasteiger partial charge in [0.05, 0.1) is 17.7 Å². The standard InChI is InChI=1S/C12H20N2O3S2/c1-9(8-18-3)7-14-19(15,16)10-4-5-11(13)12(6-10)17-2/h4-6,9,14H,7-8,13H2,1-3H3. The van der Waals surface area contributed by atoms with Gasteiger partial charge in [0, 0.05) is 12.6 Å². The van der Waals surface area contributed by atoms with Crippen molar-refractivity contribution in [2.75, 3.05) is 31.4 Å². The minimum absolute atomic E-state index is 0.162. The van der Waals surface area contributed by atoms with Gasteiger partial charge in [0.25, 0.3) is 0 Å². The molecule has 0 aliphatic carbocycles. The largest absolute Gasteiger partial charge is 0.495 e.